The van der Waals surface area contributed by atoms with Crippen LogP contribution in [-0.4, -0.2) is 56.6 Å². The highest BCUT2D eigenvalue weighted by molar-refractivity contribution is 7.99. The minimum absolute atomic E-state index is 0.0324. The number of carboxylic acids is 1. The number of carboxylic acid groups (broad SMARTS) is 1. The lowest BCUT2D eigenvalue weighted by Crippen LogP contribution is -2.36. The first-order chi connectivity index (χ1) is 10.0. The highest BCUT2D eigenvalue weighted by Crippen LogP contribution is 2.20. The molecule has 1 rings (SSSR count). The summed E-state index contributed by atoms with van der Waals surface area (Å²) in [6.07, 6.45) is 2.58. The first kappa shape index (κ1) is 17.6. The van der Waals surface area contributed by atoms with E-state index < -0.39 is 5.97 Å². The number of thioether (sulfide) groups is 1. The van der Waals surface area contributed by atoms with Gasteiger partial charge in [0.25, 0.3) is 0 Å². The maximum absolute atomic E-state index is 11.9. The Balaban J connectivity index is 2.49. The predicted octanol–water partition coefficient (Wildman–Crippen LogP) is 1.55. The third kappa shape index (κ3) is 7.21. The third-order valence-corrected chi connectivity index (χ3v) is 4.00. The smallest absolute Gasteiger partial charge is 0.317 e. The average Bonchev–Trinajstić information content (AvgIpc) is 2.83. The fourth-order valence-electron chi connectivity index (χ4n) is 1.43. The topological polar surface area (TPSA) is 95.4 Å². The lowest BCUT2D eigenvalue weighted by atomic mass is 10.4. The van der Waals surface area contributed by atoms with Gasteiger partial charge in [-0.25, -0.2) is 0 Å². The number of aliphatic carboxylic acids is 1. The van der Waals surface area contributed by atoms with Gasteiger partial charge in [0.1, 0.15) is 0 Å². The largest absolute Gasteiger partial charge is 0.480 e. The molecule has 0 radical (unpaired) electrons. The summed E-state index contributed by atoms with van der Waals surface area (Å²) in [4.78, 5) is 28.2. The molecule has 7 nitrogen and oxygen atoms in total. The average molecular weight is 330 g/mol. The summed E-state index contributed by atoms with van der Waals surface area (Å²) in [6, 6.07) is 0. The van der Waals surface area contributed by atoms with Crippen LogP contribution in [0, 0.1) is 0 Å². The molecular weight excluding hydrogens is 312 g/mol. The number of anilines is 1. The molecule has 0 aromatic carbocycles. The number of carbonyl (C=O) groups is 2. The molecule has 21 heavy (non-hydrogen) atoms. The molecule has 9 heteroatoms. The van der Waals surface area contributed by atoms with Gasteiger partial charge in [-0.05, 0) is 6.42 Å². The second kappa shape index (κ2) is 9.48. The fraction of sp³-hybridized carbons (Fsp3) is 0.500. The van der Waals surface area contributed by atoms with E-state index in [-0.39, 0.29) is 19.0 Å². The summed E-state index contributed by atoms with van der Waals surface area (Å²) in [5.74, 6) is -0.379. The summed E-state index contributed by atoms with van der Waals surface area (Å²) in [6.45, 7) is 5.69. The summed E-state index contributed by atoms with van der Waals surface area (Å²) < 4.78 is 4.13. The van der Waals surface area contributed by atoms with Gasteiger partial charge >= 0.3 is 5.97 Å². The summed E-state index contributed by atoms with van der Waals surface area (Å²) in [5, 5.41) is 12.5. The second-order valence-corrected chi connectivity index (χ2v) is 5.94. The maximum Gasteiger partial charge on any atom is 0.317 e. The van der Waals surface area contributed by atoms with Crippen molar-refractivity contribution in [1.29, 1.82) is 0 Å². The molecule has 1 aromatic rings. The first-order valence-electron chi connectivity index (χ1n) is 6.36. The third-order valence-electron chi connectivity index (χ3n) is 2.20. The van der Waals surface area contributed by atoms with Crippen LogP contribution < -0.4 is 5.32 Å². The molecule has 1 heterocycles. The molecule has 0 unspecified atom stereocenters. The minimum Gasteiger partial charge on any atom is -0.480 e. The Kier molecular flexibility index (Phi) is 7.95. The van der Waals surface area contributed by atoms with Crippen LogP contribution in [0.25, 0.3) is 0 Å². The van der Waals surface area contributed by atoms with Crippen molar-refractivity contribution in [3.05, 3.63) is 12.7 Å². The highest BCUT2D eigenvalue weighted by Gasteiger charge is 2.14. The number of nitrogens with zero attached hydrogens (tertiary/aromatic N) is 3. The zero-order chi connectivity index (χ0) is 15.7. The molecule has 1 amide bonds. The van der Waals surface area contributed by atoms with Crippen molar-refractivity contribution in [3.63, 3.8) is 0 Å². The van der Waals surface area contributed by atoms with Gasteiger partial charge in [0.15, 0.2) is 0 Å². The van der Waals surface area contributed by atoms with Gasteiger partial charge in [0.2, 0.25) is 16.2 Å². The van der Waals surface area contributed by atoms with Gasteiger partial charge in [0, 0.05) is 23.8 Å². The van der Waals surface area contributed by atoms with Crippen LogP contribution in [-0.2, 0) is 9.59 Å². The van der Waals surface area contributed by atoms with Crippen molar-refractivity contribution >= 4 is 40.3 Å². The van der Waals surface area contributed by atoms with E-state index in [0.29, 0.717) is 16.8 Å². The molecule has 0 saturated carbocycles. The van der Waals surface area contributed by atoms with E-state index in [4.69, 9.17) is 5.11 Å². The lowest BCUT2D eigenvalue weighted by molar-refractivity contribution is -0.138. The number of amides is 1. The molecule has 116 valence electrons. The lowest BCUT2D eigenvalue weighted by Gasteiger charge is -2.16. The van der Waals surface area contributed by atoms with Crippen LogP contribution in [0.2, 0.25) is 0 Å². The summed E-state index contributed by atoms with van der Waals surface area (Å²) in [7, 11) is 0. The second-order valence-electron chi connectivity index (χ2n) is 4.13. The van der Waals surface area contributed by atoms with Crippen molar-refractivity contribution in [2.75, 3.05) is 30.7 Å². The van der Waals surface area contributed by atoms with Crippen LogP contribution in [0.1, 0.15) is 13.3 Å². The van der Waals surface area contributed by atoms with Gasteiger partial charge in [-0.1, -0.05) is 24.8 Å². The van der Waals surface area contributed by atoms with Crippen LogP contribution in [0.15, 0.2) is 17.8 Å². The Labute approximate surface area is 131 Å². The molecule has 0 spiro atoms. The molecule has 2 N–H and O–H groups in total. The zero-order valence-corrected chi connectivity index (χ0v) is 13.4. The Morgan fingerprint density at radius 1 is 1.52 bits per heavy atom. The normalized spacial score (nSPS) is 10.6. The van der Waals surface area contributed by atoms with Crippen LogP contribution in [0.4, 0.5) is 5.13 Å². The quantitative estimate of drug-likeness (QED) is 0.496. The van der Waals surface area contributed by atoms with Crippen molar-refractivity contribution in [1.82, 2.24) is 14.3 Å². The Hall–Kier alpha value is -1.45. The van der Waals surface area contributed by atoms with E-state index in [1.54, 1.807) is 6.08 Å². The van der Waals surface area contributed by atoms with Gasteiger partial charge in [-0.15, -0.1) is 6.58 Å². The van der Waals surface area contributed by atoms with E-state index in [2.05, 4.69) is 28.2 Å². The molecule has 0 fully saturated rings. The molecule has 1 aromatic heterocycles. The van der Waals surface area contributed by atoms with Crippen molar-refractivity contribution in [2.24, 2.45) is 0 Å². The van der Waals surface area contributed by atoms with Crippen LogP contribution in [0.5, 0.6) is 0 Å². The number of hydrogen-bond donors (Lipinski definition) is 2. The molecular formula is C12H18N4O3S2. The molecule has 0 saturated heterocycles. The van der Waals surface area contributed by atoms with Crippen molar-refractivity contribution in [3.8, 4) is 0 Å². The molecule has 0 aliphatic carbocycles. The number of hydrogen-bond acceptors (Lipinski definition) is 7. The number of carbonyl (C=O) groups excluding carboxylic acids is 1. The highest BCUT2D eigenvalue weighted by atomic mass is 32.2. The van der Waals surface area contributed by atoms with E-state index in [1.807, 2.05) is 0 Å². The van der Waals surface area contributed by atoms with E-state index in [0.717, 1.165) is 23.7 Å². The SMILES string of the molecule is C=CCN(CC(=O)O)CC(=O)Nc1nc(SCCC)ns1. The minimum atomic E-state index is -0.987. The summed E-state index contributed by atoms with van der Waals surface area (Å²) >= 11 is 2.65. The molecule has 0 bridgehead atoms. The van der Waals surface area contributed by atoms with Gasteiger partial charge in [-0.3, -0.25) is 19.8 Å². The van der Waals surface area contributed by atoms with Crippen LogP contribution in [0.3, 0.4) is 0 Å². The van der Waals surface area contributed by atoms with E-state index in [1.165, 1.54) is 16.7 Å². The van der Waals surface area contributed by atoms with Crippen molar-refractivity contribution < 1.29 is 14.7 Å². The van der Waals surface area contributed by atoms with E-state index >= 15 is 0 Å². The van der Waals surface area contributed by atoms with Crippen molar-refractivity contribution in [2.45, 2.75) is 18.5 Å². The summed E-state index contributed by atoms with van der Waals surface area (Å²) in [5.41, 5.74) is 0. The Morgan fingerprint density at radius 2 is 2.29 bits per heavy atom. The zero-order valence-electron chi connectivity index (χ0n) is 11.7. The van der Waals surface area contributed by atoms with E-state index in [9.17, 15) is 9.59 Å². The van der Waals surface area contributed by atoms with Gasteiger partial charge in [0.05, 0.1) is 13.1 Å². The Morgan fingerprint density at radius 3 is 2.90 bits per heavy atom. The Bertz CT molecular complexity index is 493. The monoisotopic (exact) mass is 330 g/mol. The number of rotatable bonds is 10. The standard InChI is InChI=1S/C12H18N4O3S2/c1-3-5-16(8-10(18)19)7-9(17)13-11-14-12(15-21-11)20-6-4-2/h3H,1,4-8H2,2H3,(H,18,19)(H,13,14,15,17). The van der Waals surface area contributed by atoms with Gasteiger partial charge in [-0.2, -0.15) is 9.36 Å². The predicted molar refractivity (Wildman–Crippen MR) is 83.8 cm³/mol. The first-order valence-corrected chi connectivity index (χ1v) is 8.12. The fourth-order valence-corrected chi connectivity index (χ4v) is 2.85. The van der Waals surface area contributed by atoms with Crippen LogP contribution >= 0.6 is 23.3 Å². The number of aromatic nitrogens is 2. The van der Waals surface area contributed by atoms with Gasteiger partial charge < -0.3 is 5.11 Å². The molecule has 0 atom stereocenters. The molecule has 0 aliphatic heterocycles. The number of nitrogens with one attached hydrogen (secondary N) is 1. The molecule has 0 aliphatic rings. The maximum atomic E-state index is 11.9.